The Bertz CT molecular complexity index is 8820. The van der Waals surface area contributed by atoms with Gasteiger partial charge in [0, 0.05) is 167 Å². The van der Waals surface area contributed by atoms with Gasteiger partial charge in [0.2, 0.25) is 0 Å². The Labute approximate surface area is 845 Å². The van der Waals surface area contributed by atoms with E-state index in [4.69, 9.17) is 74.9 Å². The molecule has 0 fully saturated rings. The molecule has 0 saturated heterocycles. The minimum atomic E-state index is -1.49. The molecule has 25 rings (SSSR count). The first-order chi connectivity index (χ1) is 70.2. The van der Waals surface area contributed by atoms with E-state index in [1.54, 1.807) is 42.9 Å². The lowest BCUT2D eigenvalue weighted by atomic mass is 9.80. The minimum Gasteiger partial charge on any atom is -0.423 e. The largest absolute Gasteiger partial charge is 0.490 e. The van der Waals surface area contributed by atoms with Crippen molar-refractivity contribution in [3.8, 4) is 136 Å². The van der Waals surface area contributed by atoms with E-state index in [1.807, 2.05) is 286 Å². The third-order valence-corrected chi connectivity index (χ3v) is 25.1. The molecule has 680 valence electrons. The second-order valence-electron chi connectivity index (χ2n) is 33.3. The third kappa shape index (κ3) is 21.2. The molecule has 0 aliphatic carbocycles. The number of halogens is 3. The minimum absolute atomic E-state index is 0.382. The zero-order chi connectivity index (χ0) is 97.1. The van der Waals surface area contributed by atoms with Gasteiger partial charge in [-0.15, -0.1) is 0 Å². The summed E-state index contributed by atoms with van der Waals surface area (Å²) in [7, 11) is -2.91. The van der Waals surface area contributed by atoms with Crippen molar-refractivity contribution in [2.75, 3.05) is 0 Å². The monoisotopic (exact) mass is 2040 g/mol. The van der Waals surface area contributed by atoms with Crippen molar-refractivity contribution < 1.29 is 20.1 Å². The molecule has 11 heterocycles. The van der Waals surface area contributed by atoms with Crippen LogP contribution in [0.2, 0.25) is 0 Å². The number of rotatable bonds is 14. The fourth-order valence-corrected chi connectivity index (χ4v) is 18.5. The van der Waals surface area contributed by atoms with Gasteiger partial charge in [0.1, 0.15) is 0 Å². The van der Waals surface area contributed by atoms with Gasteiger partial charge < -0.3 is 20.1 Å². The number of hydrogen-bond donors (Lipinski definition) is 4. The molecular weight excluding hydrogens is 1970 g/mol. The highest BCUT2D eigenvalue weighted by Crippen LogP contribution is 2.40. The summed E-state index contributed by atoms with van der Waals surface area (Å²) in [6.07, 6.45) is 14.2. The fourth-order valence-electron chi connectivity index (χ4n) is 16.7. The third-order valence-electron chi connectivity index (χ3n) is 23.7. The van der Waals surface area contributed by atoms with Gasteiger partial charge in [0.25, 0.3) is 0 Å². The molecule has 0 unspecified atom stereocenters. The van der Waals surface area contributed by atoms with Crippen LogP contribution in [0.1, 0.15) is 0 Å². The summed E-state index contributed by atoms with van der Waals surface area (Å²) in [6.45, 7) is 0. The maximum absolute atomic E-state index is 9.10. The van der Waals surface area contributed by atoms with Gasteiger partial charge in [-0.1, -0.05) is 321 Å². The van der Waals surface area contributed by atoms with Gasteiger partial charge >= 0.3 is 14.2 Å². The molecule has 14 aromatic carbocycles. The van der Waals surface area contributed by atoms with Gasteiger partial charge in [-0.2, -0.15) is 0 Å². The molecule has 0 spiro atoms. The molecule has 0 radical (unpaired) electrons. The molecule has 0 aliphatic heterocycles. The lowest BCUT2D eigenvalue weighted by molar-refractivity contribution is 0.424. The highest BCUT2D eigenvalue weighted by atomic mass is 79.9. The van der Waals surface area contributed by atoms with E-state index in [1.165, 1.54) is 6.20 Å². The number of hydrogen-bond acceptors (Lipinski definition) is 21. The van der Waals surface area contributed by atoms with Crippen LogP contribution in [-0.2, 0) is 0 Å². The predicted molar refractivity (Wildman–Crippen MR) is 583 cm³/mol. The first-order valence-corrected chi connectivity index (χ1v) is 47.9. The number of aromatic nitrogens is 17. The smallest absolute Gasteiger partial charge is 0.423 e. The Morgan fingerprint density at radius 2 is 0.413 bits per heavy atom. The van der Waals surface area contributed by atoms with Crippen molar-refractivity contribution in [3.05, 3.63) is 451 Å². The summed E-state index contributed by atoms with van der Waals surface area (Å²) < 4.78 is 2.85. The van der Waals surface area contributed by atoms with Crippen molar-refractivity contribution in [1.82, 2.24) is 84.7 Å². The first-order valence-electron chi connectivity index (χ1n) is 45.5. The Hall–Kier alpha value is -17.2. The summed E-state index contributed by atoms with van der Waals surface area (Å²) in [5.74, 6) is 5.66. The molecule has 21 nitrogen and oxygen atoms in total. The average Bonchev–Trinajstić information content (AvgIpc) is 0.769. The molecule has 4 N–H and O–H groups in total. The number of benzene rings is 14. The Kier molecular flexibility index (Phi) is 27.2. The van der Waals surface area contributed by atoms with Crippen LogP contribution in [-0.4, -0.2) is 119 Å². The van der Waals surface area contributed by atoms with Crippen LogP contribution < -0.4 is 10.9 Å². The van der Waals surface area contributed by atoms with Gasteiger partial charge in [-0.05, 0) is 148 Å². The summed E-state index contributed by atoms with van der Waals surface area (Å²) in [6, 6.07) is 128. The Morgan fingerprint density at radius 1 is 0.161 bits per heavy atom. The van der Waals surface area contributed by atoms with E-state index in [0.29, 0.717) is 63.3 Å². The second kappa shape index (κ2) is 42.2. The summed E-state index contributed by atoms with van der Waals surface area (Å²) in [4.78, 5) is 79.8. The topological polar surface area (TPSA) is 300 Å². The second-order valence-corrected chi connectivity index (χ2v) is 36.0. The van der Waals surface area contributed by atoms with Crippen LogP contribution in [0.25, 0.3) is 223 Å². The van der Waals surface area contributed by atoms with E-state index < -0.39 is 14.2 Å². The summed E-state index contributed by atoms with van der Waals surface area (Å²) in [5.41, 5.74) is 22.3. The maximum Gasteiger partial charge on any atom is 0.490 e. The van der Waals surface area contributed by atoms with Gasteiger partial charge in [0.05, 0.1) is 44.1 Å². The molecular formula is C117H76B2Br3N17O4. The van der Waals surface area contributed by atoms with Crippen LogP contribution in [0.15, 0.2) is 451 Å². The molecule has 0 bridgehead atoms. The lowest BCUT2D eigenvalue weighted by Gasteiger charge is -2.13. The predicted octanol–water partition coefficient (Wildman–Crippen LogP) is 25.0. The molecule has 11 aromatic heterocycles. The molecule has 0 atom stereocenters. The first kappa shape index (κ1) is 92.2. The van der Waals surface area contributed by atoms with E-state index >= 15 is 0 Å². The normalized spacial score (nSPS) is 11.0. The van der Waals surface area contributed by atoms with E-state index in [2.05, 4.69) is 181 Å². The highest BCUT2D eigenvalue weighted by molar-refractivity contribution is 9.11. The fraction of sp³-hybridized carbons (Fsp3) is 0. The van der Waals surface area contributed by atoms with E-state index in [0.717, 1.165) is 184 Å². The van der Waals surface area contributed by atoms with Crippen molar-refractivity contribution in [2.24, 2.45) is 0 Å². The van der Waals surface area contributed by atoms with Gasteiger partial charge in [-0.3, -0.25) is 39.9 Å². The molecule has 0 saturated carbocycles. The zero-order valence-corrected chi connectivity index (χ0v) is 80.5. The molecule has 0 amide bonds. The average molecular weight is 2050 g/mol. The molecule has 143 heavy (non-hydrogen) atoms. The number of pyridine rings is 8. The number of nitrogens with zero attached hydrogens (tertiary/aromatic N) is 17. The SMILES string of the molecule is Brc1cc(-c2cnc3c(ccc4cccnc43)c2)cc(-c2nc(-c3ccccc3)nc(-c3ccccc3)n2)c1.Brc1cc(Br)cc(-c2nc(-c3ccccc3)nc(-c3ccccc3)n2)c1.OB(O)c1ccc2ncccc2c1.OB(O)c1cnc2c(ccc3cccnc32)c1.c1ccc(-c2nc(-c3ccccc3)nc(-c3cc(-c4ccc5ncccc5c4)cc(-c4cnc5c(ccc6cccnc65)c4)c3)n2)cc1. The van der Waals surface area contributed by atoms with Crippen molar-refractivity contribution >= 4 is 160 Å². The number of fused-ring (bicyclic) bond motifs is 11. The Balaban J connectivity index is 0.000000113. The molecule has 25 aromatic rings. The van der Waals surface area contributed by atoms with Crippen LogP contribution in [0.5, 0.6) is 0 Å². The van der Waals surface area contributed by atoms with Crippen LogP contribution >= 0.6 is 47.8 Å². The van der Waals surface area contributed by atoms with Crippen molar-refractivity contribution in [3.63, 3.8) is 0 Å². The standard InChI is InChI=1S/C42H26N6.C33H20BrN5.C21H13Br2N3.C12H9BN2O2.C9H8BNO2/c1-3-9-28(10-4-1)40-46-41(29-11-5-2-6-12-29)48-42(47-40)35-24-33(30-17-18-37-31(21-30)14-8-19-43-37)23-34(25-35)36-22-32-16-15-27-13-7-20-44-38(27)39(32)45-26-36;34-28-18-25(27-16-24-14-13-21-12-7-15-35-29(21)30(24)36-20-27)17-26(19-28)33-38-31(22-8-3-1-4-9-22)37-32(39-33)23-10-5-2-6-11-23;22-17-11-16(12-18(23)13-17)21-25-19(14-7-3-1-4-8-14)24-20(26-21)15-9-5-2-6-10-15;16-13(17)10-6-9-4-3-8-2-1-5-14-11(8)12(9)15-7-10;12-10(13)8-3-4-9-7(6-8)2-1-5-11-9/h1-26H;1-20H;1-13H;1-7,16-17H;1-6,12-13H. The molecule has 0 aliphatic rings. The van der Waals surface area contributed by atoms with Crippen LogP contribution in [0.4, 0.5) is 0 Å². The molecule has 26 heteroatoms. The van der Waals surface area contributed by atoms with Gasteiger partial charge in [-0.25, -0.2) is 44.9 Å². The zero-order valence-electron chi connectivity index (χ0n) is 75.7. The van der Waals surface area contributed by atoms with E-state index in [9.17, 15) is 0 Å². The van der Waals surface area contributed by atoms with Crippen molar-refractivity contribution in [1.29, 1.82) is 0 Å². The highest BCUT2D eigenvalue weighted by Gasteiger charge is 2.22. The lowest BCUT2D eigenvalue weighted by Crippen LogP contribution is -2.29. The summed E-state index contributed by atoms with van der Waals surface area (Å²) >= 11 is 10.8. The quantitative estimate of drug-likeness (QED) is 0.0581. The van der Waals surface area contributed by atoms with Crippen molar-refractivity contribution in [2.45, 2.75) is 0 Å². The Morgan fingerprint density at radius 3 is 0.783 bits per heavy atom. The van der Waals surface area contributed by atoms with Crippen LogP contribution in [0.3, 0.4) is 0 Å². The van der Waals surface area contributed by atoms with Gasteiger partial charge in [0.15, 0.2) is 52.4 Å². The van der Waals surface area contributed by atoms with E-state index in [-0.39, 0.29) is 0 Å². The maximum atomic E-state index is 9.10. The summed E-state index contributed by atoms with van der Waals surface area (Å²) in [5, 5.41) is 44.1. The van der Waals surface area contributed by atoms with Crippen LogP contribution in [0, 0.1) is 0 Å².